The molecule has 4 N–H and O–H groups in total. The quantitative estimate of drug-likeness (QED) is 0.578. The highest BCUT2D eigenvalue weighted by Crippen LogP contribution is 2.71. The number of ether oxygens (including phenoxy) is 1. The molecule has 0 amide bonds. The molecule has 1 spiro atoms. The average molecular weight is 367 g/mol. The number of rotatable bonds is 7. The van der Waals surface area contributed by atoms with Gasteiger partial charge in [0.25, 0.3) is 0 Å². The lowest BCUT2D eigenvalue weighted by Crippen LogP contribution is -3.05. The molecule has 4 heteroatoms. The zero-order valence-electron chi connectivity index (χ0n) is 17.7. The minimum absolute atomic E-state index is 0.0479. The lowest BCUT2D eigenvalue weighted by molar-refractivity contribution is -0.858. The number of quaternary nitrogens is 2. The highest BCUT2D eigenvalue weighted by atomic mass is 16.5. The summed E-state index contributed by atoms with van der Waals surface area (Å²) in [7, 11) is 4.49. The Hall–Kier alpha value is -0.160. The topological polar surface area (TPSA) is 50.5 Å². The van der Waals surface area contributed by atoms with E-state index in [0.717, 1.165) is 6.42 Å². The Labute approximate surface area is 160 Å². The number of aliphatic hydroxyl groups is 1. The van der Waals surface area contributed by atoms with Gasteiger partial charge >= 0.3 is 0 Å². The van der Waals surface area contributed by atoms with Crippen LogP contribution < -0.4 is 10.2 Å². The summed E-state index contributed by atoms with van der Waals surface area (Å²) in [5.41, 5.74) is -0.0269. The van der Waals surface area contributed by atoms with E-state index >= 15 is 0 Å². The van der Waals surface area contributed by atoms with Crippen LogP contribution in [0.4, 0.5) is 0 Å². The molecule has 0 aromatic carbocycles. The minimum atomic E-state index is -0.164. The zero-order chi connectivity index (χ0) is 18.7. The molecule has 0 aromatic rings. The summed E-state index contributed by atoms with van der Waals surface area (Å²) in [5, 5.41) is 13.8. The minimum Gasteiger partial charge on any atom is -0.392 e. The van der Waals surface area contributed by atoms with E-state index in [2.05, 4.69) is 40.2 Å². The van der Waals surface area contributed by atoms with Crippen molar-refractivity contribution >= 4 is 0 Å². The molecule has 3 bridgehead atoms. The summed E-state index contributed by atoms with van der Waals surface area (Å²) < 4.78 is 6.91. The molecule has 0 radical (unpaired) electrons. The van der Waals surface area contributed by atoms with Crippen molar-refractivity contribution in [3.63, 3.8) is 0 Å². The maximum Gasteiger partial charge on any atom is 0.121 e. The monoisotopic (exact) mass is 366 g/mol. The molecule has 8 unspecified atom stereocenters. The van der Waals surface area contributed by atoms with Crippen molar-refractivity contribution in [1.29, 1.82) is 0 Å². The Bertz CT molecular complexity index is 540. The number of hydrogen-bond acceptors (Lipinski definition) is 2. The third kappa shape index (κ3) is 2.55. The van der Waals surface area contributed by atoms with Crippen LogP contribution in [0.2, 0.25) is 0 Å². The molecule has 3 saturated carbocycles. The molecule has 1 aliphatic heterocycles. The fraction of sp³-hybridized carbons (Fsp3) is 1.00. The van der Waals surface area contributed by atoms with E-state index in [4.69, 9.17) is 4.74 Å². The van der Waals surface area contributed by atoms with Crippen molar-refractivity contribution in [2.45, 2.75) is 89.1 Å². The Balaban J connectivity index is 1.46. The van der Waals surface area contributed by atoms with Gasteiger partial charge in [0.1, 0.15) is 11.6 Å². The first-order valence-electron chi connectivity index (χ1n) is 11.2. The lowest BCUT2D eigenvalue weighted by Gasteiger charge is -2.56. The van der Waals surface area contributed by atoms with Gasteiger partial charge in [0.05, 0.1) is 38.9 Å². The predicted octanol–water partition coefficient (Wildman–Crippen LogP) is 0.598. The van der Waals surface area contributed by atoms with Gasteiger partial charge in [-0.3, -0.25) is 0 Å². The van der Waals surface area contributed by atoms with Crippen LogP contribution in [-0.2, 0) is 4.74 Å². The summed E-state index contributed by atoms with van der Waals surface area (Å²) in [6.45, 7) is 9.61. The van der Waals surface area contributed by atoms with Crippen molar-refractivity contribution < 1.29 is 20.1 Å². The smallest absolute Gasteiger partial charge is 0.121 e. The maximum absolute atomic E-state index is 11.1. The maximum atomic E-state index is 11.1. The van der Waals surface area contributed by atoms with Gasteiger partial charge in [0.2, 0.25) is 0 Å². The standard InChI is InChI=1S/C22H40N2O2/c1-15-9-10-17-21(3)19(23-11-7-6-8-12-24(4)5)16-13-22(15,17)18(25)14-20(16,2)26-21/h15-19,23,25H,6-14H2,1-5H3/p+2. The van der Waals surface area contributed by atoms with Crippen LogP contribution >= 0.6 is 0 Å². The van der Waals surface area contributed by atoms with Crippen LogP contribution in [-0.4, -0.2) is 55.6 Å². The molecule has 4 rings (SSSR count). The summed E-state index contributed by atoms with van der Waals surface area (Å²) >= 11 is 0. The number of aliphatic hydroxyl groups excluding tert-OH is 1. The second kappa shape index (κ2) is 6.43. The van der Waals surface area contributed by atoms with Crippen LogP contribution in [0.5, 0.6) is 0 Å². The summed E-state index contributed by atoms with van der Waals surface area (Å²) in [5.74, 6) is 1.79. The first-order chi connectivity index (χ1) is 12.2. The van der Waals surface area contributed by atoms with E-state index in [0.29, 0.717) is 23.8 Å². The summed E-state index contributed by atoms with van der Waals surface area (Å²) in [6, 6.07) is 0.586. The van der Waals surface area contributed by atoms with Crippen molar-refractivity contribution in [1.82, 2.24) is 0 Å². The Morgan fingerprint density at radius 3 is 2.62 bits per heavy atom. The first-order valence-corrected chi connectivity index (χ1v) is 11.2. The van der Waals surface area contributed by atoms with E-state index in [1.165, 1.54) is 51.6 Å². The van der Waals surface area contributed by atoms with Crippen LogP contribution in [0.25, 0.3) is 0 Å². The average Bonchev–Trinajstić information content (AvgIpc) is 2.94. The SMILES string of the molecule is CC1CCC2C3(C)OC4(C)CC(O)C12CC4C3[NH2+]CCCCC[NH+](C)C. The Kier molecular flexibility index (Phi) is 4.74. The predicted molar refractivity (Wildman–Crippen MR) is 103 cm³/mol. The normalized spacial score (nSPS) is 52.0. The molecule has 1 heterocycles. The van der Waals surface area contributed by atoms with Gasteiger partial charge in [-0.15, -0.1) is 0 Å². The summed E-state index contributed by atoms with van der Waals surface area (Å²) in [4.78, 5) is 1.56. The molecule has 0 aromatic heterocycles. The molecule has 3 aliphatic carbocycles. The molecule has 26 heavy (non-hydrogen) atoms. The van der Waals surface area contributed by atoms with Crippen molar-refractivity contribution in [2.24, 2.45) is 23.2 Å². The van der Waals surface area contributed by atoms with E-state index in [-0.39, 0.29) is 22.7 Å². The summed E-state index contributed by atoms with van der Waals surface area (Å²) in [6.07, 6.45) is 8.39. The Morgan fingerprint density at radius 1 is 1.12 bits per heavy atom. The first kappa shape index (κ1) is 19.2. The molecule has 4 nitrogen and oxygen atoms in total. The highest BCUT2D eigenvalue weighted by Gasteiger charge is 2.78. The number of nitrogens with two attached hydrogens (primary N) is 1. The van der Waals surface area contributed by atoms with Gasteiger partial charge in [-0.25, -0.2) is 0 Å². The van der Waals surface area contributed by atoms with Gasteiger partial charge in [0, 0.05) is 23.7 Å². The fourth-order valence-corrected chi connectivity index (χ4v) is 7.87. The van der Waals surface area contributed by atoms with Crippen LogP contribution in [0, 0.1) is 23.2 Å². The van der Waals surface area contributed by atoms with Crippen LogP contribution in [0.15, 0.2) is 0 Å². The largest absolute Gasteiger partial charge is 0.392 e. The van der Waals surface area contributed by atoms with E-state index in [1.807, 2.05) is 0 Å². The number of nitrogens with one attached hydrogen (secondary N) is 1. The van der Waals surface area contributed by atoms with Crippen LogP contribution in [0.3, 0.4) is 0 Å². The van der Waals surface area contributed by atoms with Crippen molar-refractivity contribution in [2.75, 3.05) is 27.2 Å². The number of hydrogen-bond donors (Lipinski definition) is 3. The highest BCUT2D eigenvalue weighted by molar-refractivity contribution is 5.25. The molecular weight excluding hydrogens is 324 g/mol. The third-order valence-electron chi connectivity index (χ3n) is 9.07. The van der Waals surface area contributed by atoms with Gasteiger partial charge in [-0.2, -0.15) is 0 Å². The van der Waals surface area contributed by atoms with Crippen molar-refractivity contribution in [3.8, 4) is 0 Å². The number of fused-ring (bicyclic) bond motifs is 2. The van der Waals surface area contributed by atoms with Crippen molar-refractivity contribution in [3.05, 3.63) is 0 Å². The molecule has 150 valence electrons. The molecule has 1 saturated heterocycles. The number of unbranched alkanes of at least 4 members (excludes halogenated alkanes) is 2. The van der Waals surface area contributed by atoms with E-state index in [9.17, 15) is 5.11 Å². The fourth-order valence-electron chi connectivity index (χ4n) is 7.87. The second-order valence-electron chi connectivity index (χ2n) is 10.8. The van der Waals surface area contributed by atoms with Gasteiger partial charge in [0.15, 0.2) is 0 Å². The lowest BCUT2D eigenvalue weighted by atomic mass is 9.48. The van der Waals surface area contributed by atoms with Gasteiger partial charge in [-0.05, 0) is 58.3 Å². The molecular formula is C22H42N2O2+2. The Morgan fingerprint density at radius 2 is 1.88 bits per heavy atom. The zero-order valence-corrected chi connectivity index (χ0v) is 17.7. The molecule has 8 atom stereocenters. The molecule has 4 aliphatic rings. The second-order valence-corrected chi connectivity index (χ2v) is 10.8. The van der Waals surface area contributed by atoms with Gasteiger partial charge < -0.3 is 20.1 Å². The van der Waals surface area contributed by atoms with Gasteiger partial charge in [-0.1, -0.05) is 6.92 Å². The van der Waals surface area contributed by atoms with E-state index in [1.54, 1.807) is 4.90 Å². The van der Waals surface area contributed by atoms with Crippen LogP contribution in [0.1, 0.15) is 65.7 Å². The molecule has 4 fully saturated rings. The van der Waals surface area contributed by atoms with E-state index < -0.39 is 0 Å². The third-order valence-corrected chi connectivity index (χ3v) is 9.07.